The molecule has 0 radical (unpaired) electrons. The van der Waals surface area contributed by atoms with Crippen LogP contribution in [-0.4, -0.2) is 47.4 Å². The van der Waals surface area contributed by atoms with E-state index < -0.39 is 8.80 Å². The van der Waals surface area contributed by atoms with Gasteiger partial charge in [0, 0.05) is 33.1 Å². The summed E-state index contributed by atoms with van der Waals surface area (Å²) in [5.74, 6) is 2.97. The van der Waals surface area contributed by atoms with Crippen LogP contribution in [0.3, 0.4) is 0 Å². The van der Waals surface area contributed by atoms with Crippen LogP contribution in [0.2, 0.25) is 6.04 Å². The van der Waals surface area contributed by atoms with Crippen molar-refractivity contribution in [2.45, 2.75) is 6.04 Å². The minimum atomic E-state index is -2.31. The molecule has 0 rings (SSSR count). The molecule has 0 saturated heterocycles. The Morgan fingerprint density at radius 1 is 1.08 bits per heavy atom. The monoisotopic (exact) mass is 242 g/mol. The Balaban J connectivity index is 3.68. The molecule has 0 fully saturated rings. The maximum absolute atomic E-state index is 5.28. The molecule has 0 aromatic heterocycles. The molecule has 0 amide bonds. The lowest BCUT2D eigenvalue weighted by molar-refractivity contribution is 0.125. The second-order valence-corrected chi connectivity index (χ2v) is 7.14. The van der Waals surface area contributed by atoms with E-state index in [0.29, 0.717) is 0 Å². The Kier molecular flexibility index (Phi) is 8.63. The van der Waals surface area contributed by atoms with E-state index in [1.807, 2.05) is 11.8 Å². The lowest BCUT2D eigenvalue weighted by Gasteiger charge is -2.23. The van der Waals surface area contributed by atoms with Gasteiger partial charge in [0.2, 0.25) is 0 Å². The number of rotatable bonds is 8. The third kappa shape index (κ3) is 5.29. The molecule has 0 heterocycles. The third-order valence-corrected chi connectivity index (χ3v) is 6.32. The van der Waals surface area contributed by atoms with Crippen LogP contribution >= 0.6 is 24.4 Å². The zero-order valence-corrected chi connectivity index (χ0v) is 11.1. The van der Waals surface area contributed by atoms with E-state index in [1.165, 1.54) is 0 Å². The van der Waals surface area contributed by atoms with Gasteiger partial charge in [-0.05, 0) is 11.5 Å². The minimum absolute atomic E-state index is 0.856. The summed E-state index contributed by atoms with van der Waals surface area (Å²) in [5.41, 5.74) is 0. The molecule has 0 saturated carbocycles. The van der Waals surface area contributed by atoms with Gasteiger partial charge in [0.1, 0.15) is 0 Å². The minimum Gasteiger partial charge on any atom is -0.377 e. The Morgan fingerprint density at radius 3 is 2.00 bits per heavy atom. The molecule has 0 aliphatic heterocycles. The zero-order chi connectivity index (χ0) is 10.2. The van der Waals surface area contributed by atoms with Gasteiger partial charge in [-0.3, -0.25) is 0 Å². The number of hydrogen-bond acceptors (Lipinski definition) is 5. The van der Waals surface area contributed by atoms with Crippen molar-refractivity contribution in [1.82, 2.24) is 0 Å². The molecule has 0 spiro atoms. The second kappa shape index (κ2) is 8.13. The van der Waals surface area contributed by atoms with Gasteiger partial charge in [-0.1, -0.05) is 0 Å². The maximum Gasteiger partial charge on any atom is 0.500 e. The number of thiol groups is 1. The maximum atomic E-state index is 5.28. The topological polar surface area (TPSA) is 27.7 Å². The molecule has 0 aliphatic rings. The summed E-state index contributed by atoms with van der Waals surface area (Å²) in [5, 5.41) is 0. The molecule has 0 aromatic carbocycles. The Labute approximate surface area is 91.3 Å². The van der Waals surface area contributed by atoms with Crippen LogP contribution in [0, 0.1) is 0 Å². The summed E-state index contributed by atoms with van der Waals surface area (Å²) in [6.45, 7) is 0. The fourth-order valence-corrected chi connectivity index (χ4v) is 4.33. The quantitative estimate of drug-likeness (QED) is 0.397. The standard InChI is InChI=1S/C7H18O3S2Si/c1-8-13(9-2,10-3)7-6-12-5-4-11/h11H,4-7H2,1-3H3. The van der Waals surface area contributed by atoms with Crippen LogP contribution in [0.1, 0.15) is 0 Å². The summed E-state index contributed by atoms with van der Waals surface area (Å²) >= 11 is 5.98. The first-order valence-electron chi connectivity index (χ1n) is 4.08. The van der Waals surface area contributed by atoms with Crippen molar-refractivity contribution in [3.63, 3.8) is 0 Å². The third-order valence-electron chi connectivity index (χ3n) is 1.72. The average molecular weight is 242 g/mol. The van der Waals surface area contributed by atoms with Gasteiger partial charge in [-0.2, -0.15) is 24.4 Å². The predicted molar refractivity (Wildman–Crippen MR) is 62.8 cm³/mol. The van der Waals surface area contributed by atoms with Crippen LogP contribution in [0.5, 0.6) is 0 Å². The summed E-state index contributed by atoms with van der Waals surface area (Å²) in [4.78, 5) is 0. The van der Waals surface area contributed by atoms with E-state index >= 15 is 0 Å². The van der Waals surface area contributed by atoms with Crippen molar-refractivity contribution in [2.75, 3.05) is 38.6 Å². The first kappa shape index (κ1) is 13.8. The average Bonchev–Trinajstić information content (AvgIpc) is 2.20. The Bertz CT molecular complexity index is 114. The number of thioether (sulfide) groups is 1. The molecule has 0 aliphatic carbocycles. The highest BCUT2D eigenvalue weighted by molar-refractivity contribution is 8.00. The fraction of sp³-hybridized carbons (Fsp3) is 1.00. The summed E-state index contributed by atoms with van der Waals surface area (Å²) in [7, 11) is 2.61. The van der Waals surface area contributed by atoms with Crippen LogP contribution in [0.15, 0.2) is 0 Å². The van der Waals surface area contributed by atoms with Gasteiger partial charge in [-0.15, -0.1) is 0 Å². The molecule has 0 atom stereocenters. The van der Waals surface area contributed by atoms with Gasteiger partial charge in [0.05, 0.1) is 0 Å². The Morgan fingerprint density at radius 2 is 1.62 bits per heavy atom. The van der Waals surface area contributed by atoms with Crippen molar-refractivity contribution in [1.29, 1.82) is 0 Å². The molecule has 0 N–H and O–H groups in total. The molecule has 6 heteroatoms. The van der Waals surface area contributed by atoms with Gasteiger partial charge >= 0.3 is 8.80 Å². The molecular formula is C7H18O3S2Si. The van der Waals surface area contributed by atoms with Crippen molar-refractivity contribution < 1.29 is 13.3 Å². The summed E-state index contributed by atoms with van der Waals surface area (Å²) in [6, 6.07) is 0.856. The van der Waals surface area contributed by atoms with Crippen LogP contribution in [0.4, 0.5) is 0 Å². The van der Waals surface area contributed by atoms with Crippen molar-refractivity contribution in [3.05, 3.63) is 0 Å². The van der Waals surface area contributed by atoms with Gasteiger partial charge in [0.15, 0.2) is 0 Å². The van der Waals surface area contributed by atoms with E-state index in [4.69, 9.17) is 13.3 Å². The second-order valence-electron chi connectivity index (χ2n) is 2.38. The van der Waals surface area contributed by atoms with Crippen molar-refractivity contribution >= 4 is 33.2 Å². The smallest absolute Gasteiger partial charge is 0.377 e. The fourth-order valence-electron chi connectivity index (χ4n) is 0.920. The summed E-state index contributed by atoms with van der Waals surface area (Å²) in [6.07, 6.45) is 0. The van der Waals surface area contributed by atoms with E-state index in [2.05, 4.69) is 12.6 Å². The highest BCUT2D eigenvalue weighted by Gasteiger charge is 2.36. The van der Waals surface area contributed by atoms with E-state index in [1.54, 1.807) is 21.3 Å². The molecule has 0 bridgehead atoms. The van der Waals surface area contributed by atoms with E-state index in [-0.39, 0.29) is 0 Å². The normalized spacial score (nSPS) is 12.0. The largest absolute Gasteiger partial charge is 0.500 e. The highest BCUT2D eigenvalue weighted by atomic mass is 32.2. The first-order chi connectivity index (χ1) is 6.24. The first-order valence-corrected chi connectivity index (χ1v) is 7.80. The predicted octanol–water partition coefficient (Wildman–Crippen LogP) is 1.53. The lowest BCUT2D eigenvalue weighted by Crippen LogP contribution is -2.43. The van der Waals surface area contributed by atoms with E-state index in [9.17, 15) is 0 Å². The van der Waals surface area contributed by atoms with Gasteiger partial charge < -0.3 is 13.3 Å². The van der Waals surface area contributed by atoms with Crippen molar-refractivity contribution in [3.8, 4) is 0 Å². The van der Waals surface area contributed by atoms with E-state index in [0.717, 1.165) is 23.3 Å². The molecule has 0 aromatic rings. The van der Waals surface area contributed by atoms with Crippen LogP contribution < -0.4 is 0 Å². The zero-order valence-electron chi connectivity index (χ0n) is 8.41. The van der Waals surface area contributed by atoms with Crippen LogP contribution in [0.25, 0.3) is 0 Å². The molecule has 3 nitrogen and oxygen atoms in total. The molecule has 0 unspecified atom stereocenters. The molecular weight excluding hydrogens is 224 g/mol. The SMILES string of the molecule is CO[Si](CCSCCS)(OC)OC. The molecule has 80 valence electrons. The Hall–Kier alpha value is 0.797. The lowest BCUT2D eigenvalue weighted by atomic mass is 10.9. The van der Waals surface area contributed by atoms with Gasteiger partial charge in [-0.25, -0.2) is 0 Å². The number of hydrogen-bond donors (Lipinski definition) is 1. The summed E-state index contributed by atoms with van der Waals surface area (Å²) < 4.78 is 15.8. The van der Waals surface area contributed by atoms with Gasteiger partial charge in [0.25, 0.3) is 0 Å². The van der Waals surface area contributed by atoms with Crippen LogP contribution in [-0.2, 0) is 13.3 Å². The van der Waals surface area contributed by atoms with Crippen molar-refractivity contribution in [2.24, 2.45) is 0 Å². The highest BCUT2D eigenvalue weighted by Crippen LogP contribution is 2.16. The molecule has 13 heavy (non-hydrogen) atoms.